The lowest BCUT2D eigenvalue weighted by Gasteiger charge is -2.49. The van der Waals surface area contributed by atoms with Crippen LogP contribution in [-0.4, -0.2) is 204 Å². The van der Waals surface area contributed by atoms with E-state index in [0.29, 0.717) is 25.2 Å². The van der Waals surface area contributed by atoms with Gasteiger partial charge in [-0.2, -0.15) is 0 Å². The van der Waals surface area contributed by atoms with Crippen molar-refractivity contribution in [2.75, 3.05) is 26.4 Å². The monoisotopic (exact) mass is 1450 g/mol. The molecule has 0 amide bonds. The normalized spacial score (nSPS) is 27.8. The van der Waals surface area contributed by atoms with Crippen molar-refractivity contribution < 1.29 is 117 Å². The zero-order chi connectivity index (χ0) is 73.3. The van der Waals surface area contributed by atoms with Gasteiger partial charge in [-0.25, -0.2) is 4.57 Å². The fourth-order valence-corrected chi connectivity index (χ4v) is 13.8. The van der Waals surface area contributed by atoms with Crippen molar-refractivity contribution in [3.8, 4) is 0 Å². The van der Waals surface area contributed by atoms with Crippen molar-refractivity contribution in [3.05, 3.63) is 24.3 Å². The summed E-state index contributed by atoms with van der Waals surface area (Å²) < 4.78 is 65.1. The molecule has 19 unspecified atom stereocenters. The molecule has 0 radical (unpaired) electrons. The maximum absolute atomic E-state index is 14.4. The Morgan fingerprint density at radius 1 is 0.410 bits per heavy atom. The van der Waals surface area contributed by atoms with Gasteiger partial charge >= 0.3 is 25.7 Å². The summed E-state index contributed by atoms with van der Waals surface area (Å²) in [5.74, 6) is -1.32. The van der Waals surface area contributed by atoms with Crippen LogP contribution < -0.4 is 0 Å². The predicted molar refractivity (Wildman–Crippen MR) is 379 cm³/mol. The van der Waals surface area contributed by atoms with Crippen molar-refractivity contribution in [1.82, 2.24) is 0 Å². The molecule has 100 heavy (non-hydrogen) atoms. The molecule has 0 aromatic rings. The SMILES string of the molecule is CCCCCC/C=C\CCCCCCCCCC(=O)OC(COC(=O)CCCCC/C=C\CCCCCCCCC)COP(=O)(O)OC1C(OC2OC(CO)C(O)C(O)C2O)C(O)C(O)C(O)C1OC1OC(COC(=O)CCCCCCCCC(C)CCCCCCCC)C(O)C(O)C1O. The standard InChI is InChI=1S/C75H137O24P/c1-5-8-11-14-17-19-21-23-25-27-29-31-33-40-45-50-61(79)94-56(52-91-59(77)48-43-38-32-30-28-26-24-22-20-18-15-12-9-6-2)53-93-100(89,90)99-73-71(97-74-69(87)64(82)62(80)57(51-76)95-74)67(85)66(84)68(86)72(73)98-75-70(88)65(83)63(81)58(96-75)54-92-60(78)49-44-39-35-34-37-42-47-55(4)46-41-36-16-13-10-7-3/h19,21,26,28,55-58,62-76,80-88H,5-18,20,22-25,27,29-54H2,1-4H3,(H,89,90)/b21-19-,28-26-. The molecule has 19 atom stereocenters. The number of aliphatic hydroxyl groups excluding tert-OH is 10. The lowest BCUT2D eigenvalue weighted by atomic mass is 9.84. The Labute approximate surface area is 598 Å². The van der Waals surface area contributed by atoms with E-state index in [1.807, 2.05) is 0 Å². The number of carbonyl (C=O) groups is 3. The van der Waals surface area contributed by atoms with Crippen molar-refractivity contribution >= 4 is 25.7 Å². The number of rotatable bonds is 60. The fraction of sp³-hybridized carbons (Fsp3) is 0.907. The molecule has 1 aliphatic carbocycles. The molecule has 1 saturated carbocycles. The Bertz CT molecular complexity index is 2180. The van der Waals surface area contributed by atoms with Gasteiger partial charge in [0.25, 0.3) is 0 Å². The average Bonchev–Trinajstić information content (AvgIpc) is 0.763. The number of carbonyl (C=O) groups excluding carboxylic acids is 3. The number of hydrogen-bond acceptors (Lipinski definition) is 23. The predicted octanol–water partition coefficient (Wildman–Crippen LogP) is 11.2. The summed E-state index contributed by atoms with van der Waals surface area (Å²) in [5, 5.41) is 110. The first-order valence-corrected chi connectivity index (χ1v) is 40.5. The van der Waals surface area contributed by atoms with Gasteiger partial charge in [-0.05, 0) is 76.5 Å². The van der Waals surface area contributed by atoms with Gasteiger partial charge in [0.2, 0.25) is 0 Å². The number of phosphoric ester groups is 1. The molecule has 3 rings (SSSR count). The van der Waals surface area contributed by atoms with Crippen molar-refractivity contribution in [3.63, 3.8) is 0 Å². The molecule has 0 spiro atoms. The summed E-state index contributed by atoms with van der Waals surface area (Å²) in [6.07, 6.45) is 15.2. The van der Waals surface area contributed by atoms with Crippen LogP contribution in [0.2, 0.25) is 0 Å². The molecule has 3 fully saturated rings. The Morgan fingerprint density at radius 2 is 0.760 bits per heavy atom. The highest BCUT2D eigenvalue weighted by atomic mass is 31.2. The maximum Gasteiger partial charge on any atom is 0.472 e. The van der Waals surface area contributed by atoms with E-state index in [0.717, 1.165) is 116 Å². The Morgan fingerprint density at radius 3 is 1.20 bits per heavy atom. The van der Waals surface area contributed by atoms with Crippen molar-refractivity contribution in [2.45, 2.75) is 402 Å². The van der Waals surface area contributed by atoms with Crippen LogP contribution in [0.4, 0.5) is 0 Å². The number of aliphatic hydroxyl groups is 10. The zero-order valence-electron chi connectivity index (χ0n) is 61.4. The number of esters is 3. The van der Waals surface area contributed by atoms with Gasteiger partial charge in [0.15, 0.2) is 18.7 Å². The van der Waals surface area contributed by atoms with E-state index in [-0.39, 0.29) is 19.3 Å². The summed E-state index contributed by atoms with van der Waals surface area (Å²) in [4.78, 5) is 51.1. The van der Waals surface area contributed by atoms with E-state index >= 15 is 0 Å². The highest BCUT2D eigenvalue weighted by molar-refractivity contribution is 7.47. The first-order valence-electron chi connectivity index (χ1n) is 39.0. The second kappa shape index (κ2) is 55.8. The third-order valence-corrected chi connectivity index (χ3v) is 20.3. The molecule has 2 heterocycles. The van der Waals surface area contributed by atoms with E-state index < -0.39 is 156 Å². The molecule has 25 heteroatoms. The molecule has 24 nitrogen and oxygen atoms in total. The van der Waals surface area contributed by atoms with Crippen LogP contribution in [0.25, 0.3) is 0 Å². The summed E-state index contributed by atoms with van der Waals surface area (Å²) in [5.41, 5.74) is 0. The van der Waals surface area contributed by atoms with Gasteiger partial charge in [-0.1, -0.05) is 232 Å². The third kappa shape index (κ3) is 38.6. The second-order valence-corrected chi connectivity index (χ2v) is 29.7. The summed E-state index contributed by atoms with van der Waals surface area (Å²) >= 11 is 0. The quantitative estimate of drug-likeness (QED) is 0.00886. The molecule has 0 aromatic carbocycles. The van der Waals surface area contributed by atoms with Gasteiger partial charge in [-0.15, -0.1) is 0 Å². The minimum Gasteiger partial charge on any atom is -0.463 e. The van der Waals surface area contributed by atoms with E-state index in [4.69, 9.17) is 42.2 Å². The molecular weight excluding hydrogens is 1320 g/mol. The van der Waals surface area contributed by atoms with Gasteiger partial charge in [0.1, 0.15) is 98.7 Å². The zero-order valence-corrected chi connectivity index (χ0v) is 62.3. The van der Waals surface area contributed by atoms with E-state index in [1.165, 1.54) is 116 Å². The summed E-state index contributed by atoms with van der Waals surface area (Å²) in [7, 11) is -5.70. The number of phosphoric acid groups is 1. The van der Waals surface area contributed by atoms with E-state index in [2.05, 4.69) is 52.0 Å². The molecule has 2 aliphatic heterocycles. The lowest BCUT2D eigenvalue weighted by Crippen LogP contribution is -2.69. The second-order valence-electron chi connectivity index (χ2n) is 28.3. The number of hydrogen-bond donors (Lipinski definition) is 11. The first kappa shape index (κ1) is 91.6. The van der Waals surface area contributed by atoms with Gasteiger partial charge in [-0.3, -0.25) is 23.4 Å². The van der Waals surface area contributed by atoms with E-state index in [1.54, 1.807) is 0 Å². The summed E-state index contributed by atoms with van der Waals surface area (Å²) in [6, 6.07) is 0. The van der Waals surface area contributed by atoms with Crippen LogP contribution in [0.3, 0.4) is 0 Å². The number of ether oxygens (including phenoxy) is 7. The average molecular weight is 1450 g/mol. The van der Waals surface area contributed by atoms with Crippen LogP contribution in [0.15, 0.2) is 24.3 Å². The topological polar surface area (TPSA) is 374 Å². The molecule has 0 aromatic heterocycles. The summed E-state index contributed by atoms with van der Waals surface area (Å²) in [6.45, 7) is 5.74. The molecular formula is C75H137O24P. The van der Waals surface area contributed by atoms with Crippen molar-refractivity contribution in [1.29, 1.82) is 0 Å². The van der Waals surface area contributed by atoms with Gasteiger partial charge < -0.3 is 89.1 Å². The fourth-order valence-electron chi connectivity index (χ4n) is 12.9. The third-order valence-electron chi connectivity index (χ3n) is 19.3. The van der Waals surface area contributed by atoms with Crippen LogP contribution >= 0.6 is 7.82 Å². The van der Waals surface area contributed by atoms with E-state index in [9.17, 15) is 74.9 Å². The molecule has 3 aliphatic rings. The highest BCUT2D eigenvalue weighted by Crippen LogP contribution is 2.49. The molecule has 0 bridgehead atoms. The largest absolute Gasteiger partial charge is 0.472 e. The number of unbranched alkanes of at least 4 members (excludes halogenated alkanes) is 31. The van der Waals surface area contributed by atoms with Crippen LogP contribution in [0.5, 0.6) is 0 Å². The van der Waals surface area contributed by atoms with Gasteiger partial charge in [0.05, 0.1) is 13.2 Å². The first-order chi connectivity index (χ1) is 48.2. The maximum atomic E-state index is 14.4. The Kier molecular flexibility index (Phi) is 51.2. The van der Waals surface area contributed by atoms with Crippen LogP contribution in [-0.2, 0) is 61.2 Å². The number of allylic oxidation sites excluding steroid dienone is 4. The Hall–Kier alpha value is -2.56. The van der Waals surface area contributed by atoms with Crippen molar-refractivity contribution in [2.24, 2.45) is 5.92 Å². The minimum absolute atomic E-state index is 0.0244. The molecule has 11 N–H and O–H groups in total. The van der Waals surface area contributed by atoms with Crippen LogP contribution in [0.1, 0.15) is 297 Å². The molecule has 2 saturated heterocycles. The van der Waals surface area contributed by atoms with Crippen LogP contribution in [0, 0.1) is 5.92 Å². The minimum atomic E-state index is -5.70. The Balaban J connectivity index is 1.73. The molecule has 586 valence electrons. The lowest BCUT2D eigenvalue weighted by molar-refractivity contribution is -0.360. The smallest absolute Gasteiger partial charge is 0.463 e. The van der Waals surface area contributed by atoms with Gasteiger partial charge in [0, 0.05) is 19.3 Å². The highest BCUT2D eigenvalue weighted by Gasteiger charge is 2.58.